The number of aromatic nitrogens is 1. The summed E-state index contributed by atoms with van der Waals surface area (Å²) in [7, 11) is 0. The van der Waals surface area contributed by atoms with E-state index >= 15 is 0 Å². The lowest BCUT2D eigenvalue weighted by molar-refractivity contribution is -0.116. The second kappa shape index (κ2) is 9.17. The van der Waals surface area contributed by atoms with E-state index in [2.05, 4.69) is 33.4 Å². The number of amides is 1. The van der Waals surface area contributed by atoms with Crippen LogP contribution in [0.4, 0.5) is 11.4 Å². The third-order valence-corrected chi connectivity index (χ3v) is 6.01. The summed E-state index contributed by atoms with van der Waals surface area (Å²) in [5.41, 5.74) is 3.10. The van der Waals surface area contributed by atoms with Crippen molar-refractivity contribution in [3.63, 3.8) is 0 Å². The highest BCUT2D eigenvalue weighted by molar-refractivity contribution is 7.18. The minimum atomic E-state index is 0.0726. The average molecular weight is 396 g/mol. The molecule has 0 bridgehead atoms. The Morgan fingerprint density at radius 1 is 1.07 bits per heavy atom. The van der Waals surface area contributed by atoms with E-state index in [0.29, 0.717) is 6.42 Å². The van der Waals surface area contributed by atoms with Crippen LogP contribution in [-0.4, -0.2) is 37.2 Å². The van der Waals surface area contributed by atoms with Gasteiger partial charge in [0.25, 0.3) is 0 Å². The van der Waals surface area contributed by atoms with E-state index in [1.165, 1.54) is 10.4 Å². The molecule has 4 rings (SSSR count). The van der Waals surface area contributed by atoms with Gasteiger partial charge in [-0.15, -0.1) is 11.3 Å². The predicted molar refractivity (Wildman–Crippen MR) is 115 cm³/mol. The normalized spacial score (nSPS) is 14.4. The molecule has 3 aromatic rings. The maximum absolute atomic E-state index is 12.2. The van der Waals surface area contributed by atoms with Crippen LogP contribution in [0.1, 0.15) is 24.3 Å². The van der Waals surface area contributed by atoms with Gasteiger partial charge in [0.05, 0.1) is 28.4 Å². The van der Waals surface area contributed by atoms with Crippen LogP contribution in [-0.2, 0) is 16.0 Å². The van der Waals surface area contributed by atoms with E-state index < -0.39 is 0 Å². The van der Waals surface area contributed by atoms with E-state index in [1.807, 2.05) is 30.3 Å². The molecule has 1 saturated heterocycles. The van der Waals surface area contributed by atoms with Crippen LogP contribution in [0.3, 0.4) is 0 Å². The van der Waals surface area contributed by atoms with Gasteiger partial charge < -0.3 is 15.0 Å². The highest BCUT2D eigenvalue weighted by Crippen LogP contribution is 2.23. The molecule has 2 heterocycles. The highest BCUT2D eigenvalue weighted by atomic mass is 32.1. The summed E-state index contributed by atoms with van der Waals surface area (Å²) in [6.07, 6.45) is 3.31. The van der Waals surface area contributed by atoms with Crippen LogP contribution in [0.2, 0.25) is 0 Å². The van der Waals surface area contributed by atoms with Gasteiger partial charge in [-0.1, -0.05) is 12.1 Å². The molecule has 0 spiro atoms. The zero-order chi connectivity index (χ0) is 19.2. The summed E-state index contributed by atoms with van der Waals surface area (Å²) in [6.45, 7) is 3.38. The van der Waals surface area contributed by atoms with Crippen LogP contribution < -0.4 is 10.2 Å². The summed E-state index contributed by atoms with van der Waals surface area (Å²) in [6, 6.07) is 16.3. The van der Waals surface area contributed by atoms with E-state index in [9.17, 15) is 4.79 Å². The molecule has 0 unspecified atom stereocenters. The molecule has 1 fully saturated rings. The number of nitrogens with one attached hydrogen (secondary N) is 1. The SMILES string of the molecule is O=C(CCCCc1nc2ccccc2s1)Nc1ccc(N2CCOCC2)cc1. The summed E-state index contributed by atoms with van der Waals surface area (Å²) in [5, 5.41) is 4.15. The molecule has 0 saturated carbocycles. The first-order valence-electron chi connectivity index (χ1n) is 9.85. The molecular formula is C22H25N3O2S. The molecular weight excluding hydrogens is 370 g/mol. The Balaban J connectivity index is 1.20. The Labute approximate surface area is 169 Å². The maximum atomic E-state index is 12.2. The number of carbonyl (C=O) groups is 1. The number of unbranched alkanes of at least 4 members (excludes halogenated alkanes) is 1. The Morgan fingerprint density at radius 3 is 2.64 bits per heavy atom. The van der Waals surface area contributed by atoms with Crippen molar-refractivity contribution in [2.75, 3.05) is 36.5 Å². The number of thiazole rings is 1. The lowest BCUT2D eigenvalue weighted by Crippen LogP contribution is -2.36. The lowest BCUT2D eigenvalue weighted by atomic mass is 10.2. The van der Waals surface area contributed by atoms with Crippen molar-refractivity contribution in [2.45, 2.75) is 25.7 Å². The molecule has 1 amide bonds. The zero-order valence-electron chi connectivity index (χ0n) is 15.9. The van der Waals surface area contributed by atoms with E-state index in [1.54, 1.807) is 11.3 Å². The Morgan fingerprint density at radius 2 is 1.86 bits per heavy atom. The smallest absolute Gasteiger partial charge is 0.224 e. The number of rotatable bonds is 7. The molecule has 1 aromatic heterocycles. The van der Waals surface area contributed by atoms with Gasteiger partial charge in [-0.25, -0.2) is 4.98 Å². The predicted octanol–water partition coefficient (Wildman–Crippen LogP) is 4.48. The first-order valence-corrected chi connectivity index (χ1v) is 10.7. The molecule has 6 heteroatoms. The van der Waals surface area contributed by atoms with Crippen molar-refractivity contribution < 1.29 is 9.53 Å². The Bertz CT molecular complexity index is 884. The van der Waals surface area contributed by atoms with Crippen molar-refractivity contribution in [3.05, 3.63) is 53.5 Å². The molecule has 2 aromatic carbocycles. The van der Waals surface area contributed by atoms with E-state index in [-0.39, 0.29) is 5.91 Å². The van der Waals surface area contributed by atoms with Gasteiger partial charge in [0.15, 0.2) is 0 Å². The van der Waals surface area contributed by atoms with Crippen LogP contribution in [0.25, 0.3) is 10.2 Å². The number of anilines is 2. The second-order valence-electron chi connectivity index (χ2n) is 6.98. The average Bonchev–Trinajstić information content (AvgIpc) is 3.15. The van der Waals surface area contributed by atoms with Gasteiger partial charge >= 0.3 is 0 Å². The largest absolute Gasteiger partial charge is 0.378 e. The third kappa shape index (κ3) is 4.88. The molecule has 1 aliphatic heterocycles. The monoisotopic (exact) mass is 395 g/mol. The number of nitrogens with zero attached hydrogens (tertiary/aromatic N) is 2. The Hall–Kier alpha value is -2.44. The minimum absolute atomic E-state index is 0.0726. The molecule has 28 heavy (non-hydrogen) atoms. The van der Waals surface area contributed by atoms with Gasteiger partial charge in [0, 0.05) is 30.9 Å². The molecule has 146 valence electrons. The molecule has 0 radical (unpaired) electrons. The van der Waals surface area contributed by atoms with Gasteiger partial charge in [-0.05, 0) is 55.7 Å². The second-order valence-corrected chi connectivity index (χ2v) is 8.09. The number of aryl methyl sites for hydroxylation is 1. The molecule has 0 aliphatic carbocycles. The number of fused-ring (bicyclic) bond motifs is 1. The molecule has 0 atom stereocenters. The number of morpholine rings is 1. The highest BCUT2D eigenvalue weighted by Gasteiger charge is 2.11. The standard InChI is InChI=1S/C22H25N3O2S/c26-21(7-3-4-8-22-24-19-5-1-2-6-20(19)28-22)23-17-9-11-18(12-10-17)25-13-15-27-16-14-25/h1-2,5-6,9-12H,3-4,7-8,13-16H2,(H,23,26). The number of carbonyl (C=O) groups excluding carboxylic acids is 1. The van der Waals surface area contributed by atoms with Gasteiger partial charge in [-0.2, -0.15) is 0 Å². The topological polar surface area (TPSA) is 54.5 Å². The first kappa shape index (κ1) is 18.9. The first-order chi connectivity index (χ1) is 13.8. The van der Waals surface area contributed by atoms with E-state index in [4.69, 9.17) is 4.74 Å². The van der Waals surface area contributed by atoms with Crippen LogP contribution in [0, 0.1) is 0 Å². The van der Waals surface area contributed by atoms with Gasteiger partial charge in [0.1, 0.15) is 0 Å². The molecule has 5 nitrogen and oxygen atoms in total. The summed E-state index contributed by atoms with van der Waals surface area (Å²) < 4.78 is 6.62. The quantitative estimate of drug-likeness (QED) is 0.599. The molecule has 1 aliphatic rings. The van der Waals surface area contributed by atoms with Crippen molar-refractivity contribution in [1.82, 2.24) is 4.98 Å². The fraction of sp³-hybridized carbons (Fsp3) is 0.364. The fourth-order valence-electron chi connectivity index (χ4n) is 3.39. The number of benzene rings is 2. The maximum Gasteiger partial charge on any atom is 0.224 e. The number of ether oxygens (including phenoxy) is 1. The van der Waals surface area contributed by atoms with Crippen LogP contribution in [0.5, 0.6) is 0 Å². The number of para-hydroxylation sites is 1. The van der Waals surface area contributed by atoms with Crippen molar-refractivity contribution in [2.24, 2.45) is 0 Å². The minimum Gasteiger partial charge on any atom is -0.378 e. The van der Waals surface area contributed by atoms with Crippen molar-refractivity contribution in [1.29, 1.82) is 0 Å². The number of hydrogen-bond donors (Lipinski definition) is 1. The van der Waals surface area contributed by atoms with Crippen LogP contribution in [0.15, 0.2) is 48.5 Å². The van der Waals surface area contributed by atoms with Gasteiger partial charge in [0.2, 0.25) is 5.91 Å². The number of hydrogen-bond acceptors (Lipinski definition) is 5. The zero-order valence-corrected chi connectivity index (χ0v) is 16.7. The fourth-order valence-corrected chi connectivity index (χ4v) is 4.40. The summed E-state index contributed by atoms with van der Waals surface area (Å²) in [4.78, 5) is 19.2. The van der Waals surface area contributed by atoms with Crippen molar-refractivity contribution >= 4 is 38.8 Å². The third-order valence-electron chi connectivity index (χ3n) is 4.91. The molecule has 1 N–H and O–H groups in total. The lowest BCUT2D eigenvalue weighted by Gasteiger charge is -2.28. The van der Waals surface area contributed by atoms with E-state index in [0.717, 1.165) is 61.8 Å². The van der Waals surface area contributed by atoms with Gasteiger partial charge in [-0.3, -0.25) is 4.79 Å². The summed E-state index contributed by atoms with van der Waals surface area (Å²) in [5.74, 6) is 0.0726. The summed E-state index contributed by atoms with van der Waals surface area (Å²) >= 11 is 1.75. The van der Waals surface area contributed by atoms with Crippen molar-refractivity contribution in [3.8, 4) is 0 Å². The Kier molecular flexibility index (Phi) is 6.19. The van der Waals surface area contributed by atoms with Crippen LogP contribution >= 0.6 is 11.3 Å².